The Labute approximate surface area is 211 Å². The van der Waals surface area contributed by atoms with E-state index in [9.17, 15) is 9.65 Å². The number of hydrogen-bond acceptors (Lipinski definition) is 7. The summed E-state index contributed by atoms with van der Waals surface area (Å²) in [4.78, 5) is 2.40. The molecule has 7 nitrogen and oxygen atoms in total. The topological polar surface area (TPSA) is 96.0 Å². The van der Waals surface area contributed by atoms with Gasteiger partial charge in [-0.3, -0.25) is 5.43 Å². The van der Waals surface area contributed by atoms with E-state index in [1.807, 2.05) is 6.07 Å². The second kappa shape index (κ2) is 10.7. The lowest BCUT2D eigenvalue weighted by Crippen LogP contribution is -2.34. The average molecular weight is 487 g/mol. The first-order valence-corrected chi connectivity index (χ1v) is 11.9. The number of nitrogens with one attached hydrogen (secondary N) is 4. The summed E-state index contributed by atoms with van der Waals surface area (Å²) in [5.74, 6) is 1.03. The lowest BCUT2D eigenvalue weighted by atomic mass is 10.0. The quantitative estimate of drug-likeness (QED) is 0.297. The second-order valence-electron chi connectivity index (χ2n) is 9.28. The van der Waals surface area contributed by atoms with Gasteiger partial charge in [-0.2, -0.15) is 5.26 Å². The predicted molar refractivity (Wildman–Crippen MR) is 140 cm³/mol. The fraction of sp³-hybridized carbons (Fsp3) is 0.286. The van der Waals surface area contributed by atoms with Gasteiger partial charge in [0.15, 0.2) is 0 Å². The fourth-order valence-corrected chi connectivity index (χ4v) is 3.68. The Morgan fingerprint density at radius 1 is 1.25 bits per heavy atom. The summed E-state index contributed by atoms with van der Waals surface area (Å²) < 4.78 is 20.4. The Bertz CT molecular complexity index is 1260. The first-order valence-electron chi connectivity index (χ1n) is 11.9. The molecule has 0 spiro atoms. The van der Waals surface area contributed by atoms with Crippen molar-refractivity contribution < 1.29 is 9.13 Å². The average Bonchev–Trinajstić information content (AvgIpc) is 3.70. The van der Waals surface area contributed by atoms with Gasteiger partial charge in [-0.05, 0) is 55.7 Å². The molecule has 2 heterocycles. The summed E-state index contributed by atoms with van der Waals surface area (Å²) in [5.41, 5.74) is 8.74. The molecule has 0 aliphatic carbocycles. The SMILES string of the molecule is CN/C(=C\C(=N)C(C)(C)F)C1=CC(Oc2cc(C#N)ccc2-c2ccc(CCN3CC3)cc2)=CNN1. The van der Waals surface area contributed by atoms with Crippen molar-refractivity contribution in [3.05, 3.63) is 89.1 Å². The van der Waals surface area contributed by atoms with E-state index < -0.39 is 5.67 Å². The number of allylic oxidation sites excluding steroid dienone is 2. The molecule has 1 saturated heterocycles. The Balaban J connectivity index is 1.58. The van der Waals surface area contributed by atoms with Crippen LogP contribution in [0.5, 0.6) is 5.75 Å². The zero-order chi connectivity index (χ0) is 25.7. The van der Waals surface area contributed by atoms with E-state index in [0.29, 0.717) is 28.5 Å². The lowest BCUT2D eigenvalue weighted by molar-refractivity contribution is 0.313. The van der Waals surface area contributed by atoms with Crippen LogP contribution >= 0.6 is 0 Å². The zero-order valence-corrected chi connectivity index (χ0v) is 20.8. The summed E-state index contributed by atoms with van der Waals surface area (Å²) in [6.07, 6.45) is 5.86. The molecular weight excluding hydrogens is 455 g/mol. The summed E-state index contributed by atoms with van der Waals surface area (Å²) in [5, 5.41) is 20.5. The Kier molecular flexibility index (Phi) is 7.41. The van der Waals surface area contributed by atoms with Crippen molar-refractivity contribution in [3.8, 4) is 22.9 Å². The number of benzene rings is 2. The number of ether oxygens (including phenoxy) is 1. The monoisotopic (exact) mass is 486 g/mol. The normalized spacial score (nSPS) is 15.6. The first-order chi connectivity index (χ1) is 17.3. The maximum atomic E-state index is 14.2. The van der Waals surface area contributed by atoms with Crippen LogP contribution in [0.15, 0.2) is 78.0 Å². The number of hydrazine groups is 1. The summed E-state index contributed by atoms with van der Waals surface area (Å²) in [7, 11) is 1.70. The zero-order valence-electron chi connectivity index (χ0n) is 20.8. The third-order valence-corrected chi connectivity index (χ3v) is 6.06. The molecule has 0 atom stereocenters. The van der Waals surface area contributed by atoms with Crippen molar-refractivity contribution >= 4 is 5.71 Å². The van der Waals surface area contributed by atoms with E-state index in [1.54, 1.807) is 31.5 Å². The van der Waals surface area contributed by atoms with Crippen LogP contribution in [0.3, 0.4) is 0 Å². The maximum Gasteiger partial charge on any atom is 0.147 e. The molecule has 4 N–H and O–H groups in total. The van der Waals surface area contributed by atoms with E-state index in [2.05, 4.69) is 51.4 Å². The molecule has 0 bridgehead atoms. The van der Waals surface area contributed by atoms with Gasteiger partial charge in [0.2, 0.25) is 0 Å². The summed E-state index contributed by atoms with van der Waals surface area (Å²) in [6.45, 7) is 6.16. The van der Waals surface area contributed by atoms with Gasteiger partial charge < -0.3 is 25.8 Å². The first kappa shape index (κ1) is 25.0. The van der Waals surface area contributed by atoms with Crippen molar-refractivity contribution in [2.24, 2.45) is 0 Å². The van der Waals surface area contributed by atoms with Crippen LogP contribution in [-0.4, -0.2) is 43.0 Å². The molecule has 36 heavy (non-hydrogen) atoms. The van der Waals surface area contributed by atoms with Gasteiger partial charge in [0.05, 0.1) is 34.9 Å². The Hall–Kier alpha value is -4.09. The highest BCUT2D eigenvalue weighted by molar-refractivity contribution is 5.99. The molecule has 186 valence electrons. The van der Waals surface area contributed by atoms with Crippen LogP contribution in [0.25, 0.3) is 11.1 Å². The second-order valence-corrected chi connectivity index (χ2v) is 9.28. The number of nitriles is 1. The van der Waals surface area contributed by atoms with Crippen molar-refractivity contribution in [3.63, 3.8) is 0 Å². The molecular formula is C28H31FN6O. The van der Waals surface area contributed by atoms with E-state index in [-0.39, 0.29) is 5.71 Å². The van der Waals surface area contributed by atoms with Crippen molar-refractivity contribution in [2.45, 2.75) is 25.9 Å². The van der Waals surface area contributed by atoms with Crippen LogP contribution < -0.4 is 20.9 Å². The number of halogens is 1. The molecule has 0 radical (unpaired) electrons. The van der Waals surface area contributed by atoms with Crippen molar-refractivity contribution in [2.75, 3.05) is 26.7 Å². The Morgan fingerprint density at radius 2 is 2.00 bits per heavy atom. The Morgan fingerprint density at radius 3 is 2.64 bits per heavy atom. The van der Waals surface area contributed by atoms with Crippen molar-refractivity contribution in [1.29, 1.82) is 10.7 Å². The highest BCUT2D eigenvalue weighted by atomic mass is 19.1. The van der Waals surface area contributed by atoms with Gasteiger partial charge >= 0.3 is 0 Å². The number of hydrogen-bond donors (Lipinski definition) is 4. The molecule has 0 unspecified atom stereocenters. The third-order valence-electron chi connectivity index (χ3n) is 6.06. The minimum atomic E-state index is -1.77. The number of rotatable bonds is 10. The molecule has 0 aromatic heterocycles. The third kappa shape index (κ3) is 6.32. The fourth-order valence-electron chi connectivity index (χ4n) is 3.68. The molecule has 0 saturated carbocycles. The molecule has 2 aliphatic heterocycles. The molecule has 1 fully saturated rings. The van der Waals surface area contributed by atoms with Crippen LogP contribution in [0.4, 0.5) is 4.39 Å². The van der Waals surface area contributed by atoms with Crippen molar-refractivity contribution in [1.82, 2.24) is 21.1 Å². The largest absolute Gasteiger partial charge is 0.455 e. The van der Waals surface area contributed by atoms with Crippen LogP contribution in [-0.2, 0) is 6.42 Å². The smallest absolute Gasteiger partial charge is 0.147 e. The highest BCUT2D eigenvalue weighted by Crippen LogP contribution is 2.33. The minimum absolute atomic E-state index is 0.159. The van der Waals surface area contributed by atoms with E-state index in [4.69, 9.17) is 10.1 Å². The van der Waals surface area contributed by atoms with Crippen LogP contribution in [0.2, 0.25) is 0 Å². The van der Waals surface area contributed by atoms with Gasteiger partial charge in [0.25, 0.3) is 0 Å². The lowest BCUT2D eigenvalue weighted by Gasteiger charge is -2.22. The van der Waals surface area contributed by atoms with Crippen LogP contribution in [0.1, 0.15) is 25.0 Å². The van der Waals surface area contributed by atoms with Gasteiger partial charge in [-0.15, -0.1) is 0 Å². The molecule has 4 rings (SSSR count). The van der Waals surface area contributed by atoms with E-state index in [0.717, 1.165) is 24.1 Å². The number of alkyl halides is 1. The minimum Gasteiger partial charge on any atom is -0.455 e. The number of likely N-dealkylation sites (N-methyl/N-ethyl adjacent to an activating group) is 1. The van der Waals surface area contributed by atoms with Gasteiger partial charge in [0, 0.05) is 38.3 Å². The van der Waals surface area contributed by atoms with E-state index in [1.165, 1.54) is 38.6 Å². The molecule has 8 heteroatoms. The predicted octanol–water partition coefficient (Wildman–Crippen LogP) is 4.17. The highest BCUT2D eigenvalue weighted by Gasteiger charge is 2.22. The number of nitrogens with zero attached hydrogens (tertiary/aromatic N) is 2. The molecule has 2 aromatic rings. The van der Waals surface area contributed by atoms with Gasteiger partial charge in [0.1, 0.15) is 17.2 Å². The molecule has 0 amide bonds. The maximum absolute atomic E-state index is 14.2. The summed E-state index contributed by atoms with van der Waals surface area (Å²) >= 11 is 0. The summed E-state index contributed by atoms with van der Waals surface area (Å²) in [6, 6.07) is 16.0. The van der Waals surface area contributed by atoms with Gasteiger partial charge in [-0.1, -0.05) is 24.3 Å². The molecule has 2 aliphatic rings. The van der Waals surface area contributed by atoms with Crippen LogP contribution in [0, 0.1) is 16.7 Å². The molecule has 2 aromatic carbocycles. The van der Waals surface area contributed by atoms with E-state index >= 15 is 0 Å². The standard InChI is InChI=1S/C28H31FN6O/c1-28(2,29)27(31)16-24(32-3)25-15-22(18-33-34-25)36-26-14-20(17-30)6-9-23(26)21-7-4-19(5-8-21)10-11-35-12-13-35/h4-9,14-16,18,31-34H,10-13H2,1-3H3/b24-16-,31-27?. The van der Waals surface area contributed by atoms with Gasteiger partial charge in [-0.25, -0.2) is 4.39 Å².